The van der Waals surface area contributed by atoms with Gasteiger partial charge in [0.1, 0.15) is 0 Å². The maximum atomic E-state index is 13.9. The van der Waals surface area contributed by atoms with Crippen molar-refractivity contribution in [1.29, 1.82) is 0 Å². The third-order valence-corrected chi connectivity index (χ3v) is 6.82. The number of aromatic nitrogens is 1. The first-order valence-corrected chi connectivity index (χ1v) is 11.4. The van der Waals surface area contributed by atoms with Gasteiger partial charge >= 0.3 is 0 Å². The van der Waals surface area contributed by atoms with Gasteiger partial charge < -0.3 is 4.90 Å². The number of nitrogens with zero attached hydrogens (tertiary/aromatic N) is 2. The van der Waals surface area contributed by atoms with Gasteiger partial charge in [-0.3, -0.25) is 9.78 Å². The molecule has 30 heavy (non-hydrogen) atoms. The lowest BCUT2D eigenvalue weighted by Gasteiger charge is -2.51. The highest BCUT2D eigenvalue weighted by atomic mass is 35.5. The normalized spacial score (nSPS) is 24.3. The van der Waals surface area contributed by atoms with E-state index >= 15 is 0 Å². The Balaban J connectivity index is 2.22. The zero-order chi connectivity index (χ0) is 21.9. The number of hydrogen-bond acceptors (Lipinski definition) is 2. The molecule has 1 aliphatic heterocycles. The first-order chi connectivity index (χ1) is 14.3. The summed E-state index contributed by atoms with van der Waals surface area (Å²) in [6.07, 6.45) is 6.65. The van der Waals surface area contributed by atoms with Gasteiger partial charge in [-0.25, -0.2) is 0 Å². The average molecular weight is 445 g/mol. The van der Waals surface area contributed by atoms with Crippen LogP contribution in [0.15, 0.2) is 55.3 Å². The summed E-state index contributed by atoms with van der Waals surface area (Å²) in [6, 6.07) is 11.7. The second-order valence-corrected chi connectivity index (χ2v) is 9.32. The van der Waals surface area contributed by atoms with Crippen LogP contribution in [0.2, 0.25) is 10.0 Å². The van der Waals surface area contributed by atoms with Crippen molar-refractivity contribution in [2.75, 3.05) is 0 Å². The smallest absolute Gasteiger partial charge is 0.229 e. The molecule has 1 saturated heterocycles. The minimum atomic E-state index is -0.514. The lowest BCUT2D eigenvalue weighted by atomic mass is 9.67. The zero-order valence-electron chi connectivity index (χ0n) is 17.9. The quantitative estimate of drug-likeness (QED) is 0.422. The van der Waals surface area contributed by atoms with E-state index in [1.165, 1.54) is 0 Å². The molecule has 0 saturated carbocycles. The summed E-state index contributed by atoms with van der Waals surface area (Å²) in [5.74, 6) is 0.247. The molecule has 3 nitrogen and oxygen atoms in total. The van der Waals surface area contributed by atoms with Crippen molar-refractivity contribution in [3.05, 3.63) is 76.6 Å². The molecular weight excluding hydrogens is 415 g/mol. The minimum absolute atomic E-state index is 0.0700. The Labute approximate surface area is 190 Å². The summed E-state index contributed by atoms with van der Waals surface area (Å²) in [5.41, 5.74) is 1.48. The summed E-state index contributed by atoms with van der Waals surface area (Å²) in [6.45, 7) is 10.3. The van der Waals surface area contributed by atoms with E-state index in [1.807, 2.05) is 36.4 Å². The Kier molecular flexibility index (Phi) is 7.26. The number of likely N-dealkylation sites (tertiary alicyclic amines) is 1. The third kappa shape index (κ3) is 4.43. The molecular formula is C25H30Cl2N2O. The number of carbonyl (C=O) groups excluding carboxylic acids is 1. The average Bonchev–Trinajstić information content (AvgIpc) is 2.73. The minimum Gasteiger partial charge on any atom is -0.330 e. The molecule has 1 unspecified atom stereocenters. The van der Waals surface area contributed by atoms with Crippen LogP contribution in [0.1, 0.15) is 69.7 Å². The second-order valence-electron chi connectivity index (χ2n) is 8.45. The Morgan fingerprint density at radius 3 is 2.53 bits per heavy atom. The predicted molar refractivity (Wildman–Crippen MR) is 125 cm³/mol. The number of carbonyl (C=O) groups is 1. The van der Waals surface area contributed by atoms with Crippen LogP contribution in [0.4, 0.5) is 0 Å². The molecule has 2 heterocycles. The van der Waals surface area contributed by atoms with E-state index in [4.69, 9.17) is 23.2 Å². The van der Waals surface area contributed by atoms with Crippen molar-refractivity contribution < 1.29 is 4.79 Å². The van der Waals surface area contributed by atoms with E-state index in [0.717, 1.165) is 24.1 Å². The highest BCUT2D eigenvalue weighted by Crippen LogP contribution is 2.52. The largest absolute Gasteiger partial charge is 0.330 e. The number of piperidine rings is 1. The van der Waals surface area contributed by atoms with E-state index in [2.05, 4.69) is 43.3 Å². The number of benzene rings is 1. The van der Waals surface area contributed by atoms with Crippen molar-refractivity contribution in [2.24, 2.45) is 5.41 Å². The summed E-state index contributed by atoms with van der Waals surface area (Å²) in [5, 5.41) is 1.29. The van der Waals surface area contributed by atoms with Crippen molar-refractivity contribution >= 4 is 29.1 Å². The number of amides is 1. The summed E-state index contributed by atoms with van der Waals surface area (Å²) in [4.78, 5) is 20.6. The molecule has 0 radical (unpaired) electrons. The molecule has 0 N–H and O–H groups in total. The molecule has 0 bridgehead atoms. The van der Waals surface area contributed by atoms with Gasteiger partial charge in [-0.15, -0.1) is 6.58 Å². The van der Waals surface area contributed by atoms with Crippen molar-refractivity contribution in [3.8, 4) is 0 Å². The lowest BCUT2D eigenvalue weighted by molar-refractivity contribution is -0.154. The highest BCUT2D eigenvalue weighted by Gasteiger charge is 2.51. The fourth-order valence-electron chi connectivity index (χ4n) is 4.83. The monoisotopic (exact) mass is 444 g/mol. The first-order valence-electron chi connectivity index (χ1n) is 10.6. The maximum Gasteiger partial charge on any atom is 0.229 e. The Morgan fingerprint density at radius 1 is 1.23 bits per heavy atom. The fourth-order valence-corrected chi connectivity index (χ4v) is 5.14. The van der Waals surface area contributed by atoms with E-state index in [9.17, 15) is 4.79 Å². The van der Waals surface area contributed by atoms with Gasteiger partial charge in [0.05, 0.1) is 22.2 Å². The van der Waals surface area contributed by atoms with E-state index < -0.39 is 5.41 Å². The molecule has 3 atom stereocenters. The van der Waals surface area contributed by atoms with E-state index in [1.54, 1.807) is 6.20 Å². The zero-order valence-corrected chi connectivity index (χ0v) is 19.5. The van der Waals surface area contributed by atoms with Crippen LogP contribution in [0, 0.1) is 5.41 Å². The van der Waals surface area contributed by atoms with Crippen LogP contribution in [0.3, 0.4) is 0 Å². The second kappa shape index (κ2) is 9.53. The molecule has 1 aliphatic rings. The summed E-state index contributed by atoms with van der Waals surface area (Å²) < 4.78 is 0. The Hall–Kier alpha value is -1.84. The number of pyridine rings is 1. The standard InChI is InChI=1S/C25H30Cl2N2O/c1-5-13-25(4)15-21(17-9-8-10-18(26)14-17)23(22-12-11-19(27)16-28-22)29(24(25)30)20(6-2)7-3/h5,8-12,14,16,20-21,23H,1,6-7,13,15H2,2-4H3/t21-,23+,25?/m1/s1. The van der Waals surface area contributed by atoms with E-state index in [0.29, 0.717) is 22.9 Å². The molecule has 1 fully saturated rings. The van der Waals surface area contributed by atoms with Gasteiger partial charge in [-0.05, 0) is 55.5 Å². The van der Waals surface area contributed by atoms with Gasteiger partial charge in [0.25, 0.3) is 0 Å². The fraction of sp³-hybridized carbons (Fsp3) is 0.440. The number of rotatable bonds is 7. The number of halogens is 2. The van der Waals surface area contributed by atoms with Crippen LogP contribution in [0.5, 0.6) is 0 Å². The van der Waals surface area contributed by atoms with Crippen LogP contribution in [0.25, 0.3) is 0 Å². The molecule has 1 amide bonds. The van der Waals surface area contributed by atoms with Crippen molar-refractivity contribution in [3.63, 3.8) is 0 Å². The molecule has 5 heteroatoms. The molecule has 2 aromatic rings. The molecule has 0 spiro atoms. The van der Waals surface area contributed by atoms with Crippen molar-refractivity contribution in [2.45, 2.75) is 64.5 Å². The Morgan fingerprint density at radius 2 is 1.97 bits per heavy atom. The third-order valence-electron chi connectivity index (χ3n) is 6.36. The Bertz CT molecular complexity index is 894. The van der Waals surface area contributed by atoms with Gasteiger partial charge in [-0.1, -0.05) is 62.2 Å². The summed E-state index contributed by atoms with van der Waals surface area (Å²) >= 11 is 12.5. The topological polar surface area (TPSA) is 33.2 Å². The summed E-state index contributed by atoms with van der Waals surface area (Å²) in [7, 11) is 0. The predicted octanol–water partition coefficient (Wildman–Crippen LogP) is 7.22. The number of hydrogen-bond donors (Lipinski definition) is 0. The van der Waals surface area contributed by atoms with Gasteiger partial charge in [0, 0.05) is 23.2 Å². The van der Waals surface area contributed by atoms with Gasteiger partial charge in [-0.2, -0.15) is 0 Å². The van der Waals surface area contributed by atoms with Crippen molar-refractivity contribution in [1.82, 2.24) is 9.88 Å². The van der Waals surface area contributed by atoms with E-state index in [-0.39, 0.29) is 23.9 Å². The SMILES string of the molecule is C=CCC1(C)C[C@H](c2cccc(Cl)c2)[C@@H](c2ccc(Cl)cn2)N(C(CC)CC)C1=O. The molecule has 160 valence electrons. The van der Waals surface area contributed by atoms with Gasteiger partial charge in [0.2, 0.25) is 5.91 Å². The maximum absolute atomic E-state index is 13.9. The number of allylic oxidation sites excluding steroid dienone is 1. The van der Waals surface area contributed by atoms with Crippen LogP contribution >= 0.6 is 23.2 Å². The van der Waals surface area contributed by atoms with Crippen LogP contribution < -0.4 is 0 Å². The molecule has 1 aromatic heterocycles. The van der Waals surface area contributed by atoms with Crippen LogP contribution in [-0.2, 0) is 4.79 Å². The lowest BCUT2D eigenvalue weighted by Crippen LogP contribution is -2.55. The van der Waals surface area contributed by atoms with Gasteiger partial charge in [0.15, 0.2) is 0 Å². The molecule has 0 aliphatic carbocycles. The molecule has 3 rings (SSSR count). The first kappa shape index (κ1) is 22.8. The van der Waals surface area contributed by atoms with Crippen LogP contribution in [-0.4, -0.2) is 21.8 Å². The molecule has 1 aromatic carbocycles. The highest BCUT2D eigenvalue weighted by molar-refractivity contribution is 6.30.